The number of carbonyl (C=O) groups excluding carboxylic acids is 1. The summed E-state index contributed by atoms with van der Waals surface area (Å²) in [5, 5.41) is 4.28. The summed E-state index contributed by atoms with van der Waals surface area (Å²) in [6, 6.07) is 4.97. The van der Waals surface area contributed by atoms with Crippen LogP contribution in [0.1, 0.15) is 15.9 Å². The Morgan fingerprint density at radius 2 is 2.50 bits per heavy atom. The van der Waals surface area contributed by atoms with Crippen LogP contribution in [-0.4, -0.2) is 12.8 Å². The Kier molecular flexibility index (Phi) is 1.38. The first kappa shape index (κ1) is 5.47. The quantitative estimate of drug-likeness (QED) is 0.627. The van der Waals surface area contributed by atoms with Gasteiger partial charge in [0.1, 0.15) is 12.0 Å². The molecule has 52 valence electrons. The van der Waals surface area contributed by atoms with Crippen LogP contribution < -0.4 is 0 Å². The van der Waals surface area contributed by atoms with Crippen LogP contribution in [0.4, 0.5) is 0 Å². The second-order valence-electron chi connectivity index (χ2n) is 2.14. The molecule has 0 heterocycles. The second kappa shape index (κ2) is 2.52. The summed E-state index contributed by atoms with van der Waals surface area (Å²) in [5.41, 5.74) is 1.38. The van der Waals surface area contributed by atoms with E-state index in [1.165, 1.54) is 6.07 Å². The lowest BCUT2D eigenvalue weighted by Gasteiger charge is -1.96. The third-order valence-electron chi connectivity index (χ3n) is 1.35. The van der Waals surface area contributed by atoms with Crippen LogP contribution in [0.3, 0.4) is 0 Å². The van der Waals surface area contributed by atoms with Crippen molar-refractivity contribution in [2.45, 2.75) is 6.92 Å². The standard InChI is InChI=1S/C8H8O2/c1-6-2-3-7(5-9)4-8(6)10/h2-5,10H,1H3/i/hD. The van der Waals surface area contributed by atoms with E-state index in [1.54, 1.807) is 12.1 Å². The fourth-order valence-corrected chi connectivity index (χ4v) is 0.690. The number of benzene rings is 1. The van der Waals surface area contributed by atoms with Gasteiger partial charge in [-0.2, -0.15) is 0 Å². The molecule has 1 aromatic carbocycles. The van der Waals surface area contributed by atoms with Gasteiger partial charge in [0.25, 0.3) is 1.43 Å². The molecule has 0 aliphatic rings. The molecule has 0 unspecified atom stereocenters. The van der Waals surface area contributed by atoms with Crippen molar-refractivity contribution in [2.24, 2.45) is 0 Å². The van der Waals surface area contributed by atoms with Gasteiger partial charge in [0, 0.05) is 5.56 Å². The summed E-state index contributed by atoms with van der Waals surface area (Å²) < 4.78 is 6.64. The summed E-state index contributed by atoms with van der Waals surface area (Å²) >= 11 is 0. The smallest absolute Gasteiger partial charge is 0.293 e. The van der Waals surface area contributed by atoms with Gasteiger partial charge >= 0.3 is 0 Å². The van der Waals surface area contributed by atoms with Gasteiger partial charge in [-0.15, -0.1) is 0 Å². The Bertz CT molecular complexity index is 271. The highest BCUT2D eigenvalue weighted by atomic mass is 16.3. The first-order valence-corrected chi connectivity index (χ1v) is 2.97. The third kappa shape index (κ3) is 1.16. The Balaban J connectivity index is 3.12. The van der Waals surface area contributed by atoms with E-state index < -0.39 is 0 Å². The Morgan fingerprint density at radius 3 is 3.10 bits per heavy atom. The number of hydrogen-bond acceptors (Lipinski definition) is 2. The molecule has 0 spiro atoms. The van der Waals surface area contributed by atoms with Crippen molar-refractivity contribution in [3.05, 3.63) is 29.3 Å². The molecule has 2 heteroatoms. The summed E-state index contributed by atoms with van der Waals surface area (Å²) in [5.74, 6) is 0.426. The SMILES string of the molecule is [2H]Oc1cc(C=O)ccc1C. The number of rotatable bonds is 2. The van der Waals surface area contributed by atoms with E-state index in [-0.39, 0.29) is 0 Å². The van der Waals surface area contributed by atoms with Crippen LogP contribution in [0.15, 0.2) is 18.2 Å². The molecule has 0 saturated heterocycles. The fourth-order valence-electron chi connectivity index (χ4n) is 0.690. The van der Waals surface area contributed by atoms with Gasteiger partial charge in [0.2, 0.25) is 0 Å². The van der Waals surface area contributed by atoms with Gasteiger partial charge in [0.05, 0.1) is 0 Å². The van der Waals surface area contributed by atoms with Crippen LogP contribution >= 0.6 is 0 Å². The topological polar surface area (TPSA) is 37.3 Å². The summed E-state index contributed by atoms with van der Waals surface area (Å²) in [6.45, 7) is 1.82. The molecule has 0 aliphatic carbocycles. The van der Waals surface area contributed by atoms with Crippen LogP contribution in [0.5, 0.6) is 5.75 Å². The maximum atomic E-state index is 10.3. The van der Waals surface area contributed by atoms with Gasteiger partial charge in [-0.25, -0.2) is 0 Å². The van der Waals surface area contributed by atoms with Gasteiger partial charge in [-0.1, -0.05) is 12.1 Å². The minimum atomic E-state index is 0.426. The van der Waals surface area contributed by atoms with E-state index in [9.17, 15) is 4.79 Å². The Morgan fingerprint density at radius 1 is 1.70 bits per heavy atom. The molecular weight excluding hydrogens is 128 g/mol. The number of phenolic OH excluding ortho intramolecular Hbond substituents is 1. The minimum Gasteiger partial charge on any atom is -0.508 e. The molecule has 1 rings (SSSR count). The number of aryl methyl sites for hydroxylation is 1. The number of hydrogen-bond donors (Lipinski definition) is 1. The molecule has 0 saturated carbocycles. The molecule has 10 heavy (non-hydrogen) atoms. The van der Waals surface area contributed by atoms with Crippen molar-refractivity contribution >= 4 is 6.29 Å². The zero-order valence-electron chi connectivity index (χ0n) is 6.63. The number of phenols is 1. The largest absolute Gasteiger partial charge is 0.508 e. The first-order chi connectivity index (χ1) is 5.27. The molecule has 0 aromatic heterocycles. The summed E-state index contributed by atoms with van der Waals surface area (Å²) in [4.78, 5) is 10.3. The van der Waals surface area contributed by atoms with Crippen molar-refractivity contribution < 1.29 is 9.90 Å². The van der Waals surface area contributed by atoms with Crippen molar-refractivity contribution in [1.82, 2.24) is 0 Å². The second-order valence-corrected chi connectivity index (χ2v) is 2.14. The van der Waals surface area contributed by atoms with Gasteiger partial charge in [-0.05, 0) is 18.6 Å². The lowest BCUT2D eigenvalue weighted by atomic mass is 10.1. The van der Waals surface area contributed by atoms with Crippen molar-refractivity contribution in [2.75, 3.05) is 0 Å². The average molecular weight is 137 g/mol. The molecule has 0 amide bonds. The van der Waals surface area contributed by atoms with E-state index >= 15 is 0 Å². The highest BCUT2D eigenvalue weighted by molar-refractivity contribution is 5.75. The van der Waals surface area contributed by atoms with Crippen LogP contribution in [-0.2, 0) is 0 Å². The number of aromatic hydroxyl groups is 1. The van der Waals surface area contributed by atoms with E-state index in [2.05, 4.69) is 5.11 Å². The maximum absolute atomic E-state index is 10.3. The molecule has 0 bridgehead atoms. The number of carbonyl (C=O) groups is 1. The van der Waals surface area contributed by atoms with E-state index in [4.69, 9.17) is 1.43 Å². The van der Waals surface area contributed by atoms with E-state index in [0.29, 0.717) is 11.3 Å². The van der Waals surface area contributed by atoms with E-state index in [0.717, 1.165) is 11.8 Å². The van der Waals surface area contributed by atoms with Crippen molar-refractivity contribution in [1.29, 1.82) is 1.43 Å². The predicted molar refractivity (Wildman–Crippen MR) is 38.2 cm³/mol. The summed E-state index contributed by atoms with van der Waals surface area (Å²) in [7, 11) is 0. The lowest BCUT2D eigenvalue weighted by Crippen LogP contribution is -1.80. The molecule has 0 aliphatic heterocycles. The number of aldehydes is 1. The molecule has 1 N–H and O–H groups in total. The first-order valence-electron chi connectivity index (χ1n) is 3.37. The maximum Gasteiger partial charge on any atom is 0.293 e. The molecule has 2 nitrogen and oxygen atoms in total. The van der Waals surface area contributed by atoms with Crippen LogP contribution in [0, 0.1) is 6.92 Å². The normalized spacial score (nSPS) is 10.3. The Hall–Kier alpha value is -1.31. The molecule has 0 fully saturated rings. The predicted octanol–water partition coefficient (Wildman–Crippen LogP) is 1.51. The molecular formula is C8H8O2. The highest BCUT2D eigenvalue weighted by Gasteiger charge is 1.95. The van der Waals surface area contributed by atoms with Crippen molar-refractivity contribution in [3.63, 3.8) is 0 Å². The summed E-state index contributed by atoms with van der Waals surface area (Å²) in [6.07, 6.45) is 0.724. The van der Waals surface area contributed by atoms with Crippen LogP contribution in [0.2, 0.25) is 0 Å². The monoisotopic (exact) mass is 137 g/mol. The zero-order valence-corrected chi connectivity index (χ0v) is 5.63. The van der Waals surface area contributed by atoms with Gasteiger partial charge < -0.3 is 5.11 Å². The lowest BCUT2D eigenvalue weighted by molar-refractivity contribution is 0.112. The van der Waals surface area contributed by atoms with E-state index in [1.807, 2.05) is 6.92 Å². The average Bonchev–Trinajstić information content (AvgIpc) is 2.05. The van der Waals surface area contributed by atoms with Gasteiger partial charge in [0.15, 0.2) is 0 Å². The van der Waals surface area contributed by atoms with Crippen LogP contribution in [0.25, 0.3) is 0 Å². The highest BCUT2D eigenvalue weighted by Crippen LogP contribution is 2.15. The molecule has 0 radical (unpaired) electrons. The fraction of sp³-hybridized carbons (Fsp3) is 0.125. The third-order valence-corrected chi connectivity index (χ3v) is 1.35. The van der Waals surface area contributed by atoms with Crippen molar-refractivity contribution in [3.8, 4) is 5.75 Å². The minimum absolute atomic E-state index is 0.426. The molecule has 0 atom stereocenters. The Labute approximate surface area is 60.6 Å². The molecule has 1 aromatic rings. The zero-order chi connectivity index (χ0) is 8.27. The van der Waals surface area contributed by atoms with Gasteiger partial charge in [-0.3, -0.25) is 4.79 Å².